The lowest BCUT2D eigenvalue weighted by atomic mass is 9.88. The van der Waals surface area contributed by atoms with Crippen LogP contribution in [0, 0.1) is 11.8 Å². The SMILES string of the molecule is CC1CCN(c2ccc3cnccc3c2N)CC1C. The largest absolute Gasteiger partial charge is 0.397 e. The first-order valence-electron chi connectivity index (χ1n) is 7.04. The average molecular weight is 255 g/mol. The molecular weight excluding hydrogens is 234 g/mol. The molecule has 1 saturated heterocycles. The number of nitrogens with zero attached hydrogens (tertiary/aromatic N) is 2. The van der Waals surface area contributed by atoms with Crippen molar-refractivity contribution in [2.75, 3.05) is 23.7 Å². The summed E-state index contributed by atoms with van der Waals surface area (Å²) in [5.74, 6) is 1.53. The summed E-state index contributed by atoms with van der Waals surface area (Å²) in [5, 5.41) is 2.22. The van der Waals surface area contributed by atoms with Crippen LogP contribution in [0.2, 0.25) is 0 Å². The van der Waals surface area contributed by atoms with Crippen LogP contribution in [0.1, 0.15) is 20.3 Å². The Morgan fingerprint density at radius 1 is 1.21 bits per heavy atom. The summed E-state index contributed by atoms with van der Waals surface area (Å²) in [5.41, 5.74) is 8.43. The molecule has 3 rings (SSSR count). The van der Waals surface area contributed by atoms with Gasteiger partial charge in [0.1, 0.15) is 0 Å². The van der Waals surface area contributed by atoms with Crippen molar-refractivity contribution in [3.63, 3.8) is 0 Å². The van der Waals surface area contributed by atoms with Gasteiger partial charge in [0.25, 0.3) is 0 Å². The zero-order valence-electron chi connectivity index (χ0n) is 11.6. The van der Waals surface area contributed by atoms with E-state index < -0.39 is 0 Å². The molecule has 2 aromatic rings. The Labute approximate surface area is 114 Å². The predicted octanol–water partition coefficient (Wildman–Crippen LogP) is 3.30. The molecule has 0 bridgehead atoms. The van der Waals surface area contributed by atoms with Crippen molar-refractivity contribution in [2.45, 2.75) is 20.3 Å². The van der Waals surface area contributed by atoms with E-state index in [9.17, 15) is 0 Å². The molecule has 2 atom stereocenters. The molecule has 0 aliphatic carbocycles. The van der Waals surface area contributed by atoms with Gasteiger partial charge >= 0.3 is 0 Å². The van der Waals surface area contributed by atoms with Crippen molar-refractivity contribution in [1.29, 1.82) is 0 Å². The lowest BCUT2D eigenvalue weighted by Crippen LogP contribution is -2.38. The van der Waals surface area contributed by atoms with E-state index in [1.807, 2.05) is 18.5 Å². The van der Waals surface area contributed by atoms with Crippen LogP contribution in [-0.2, 0) is 0 Å². The highest BCUT2D eigenvalue weighted by Crippen LogP contribution is 2.34. The van der Waals surface area contributed by atoms with Crippen molar-refractivity contribution in [3.8, 4) is 0 Å². The summed E-state index contributed by atoms with van der Waals surface area (Å²) in [4.78, 5) is 6.58. The van der Waals surface area contributed by atoms with E-state index in [1.165, 1.54) is 12.1 Å². The van der Waals surface area contributed by atoms with Gasteiger partial charge in [-0.15, -0.1) is 0 Å². The average Bonchev–Trinajstić information content (AvgIpc) is 2.43. The quantitative estimate of drug-likeness (QED) is 0.795. The molecule has 2 N–H and O–H groups in total. The van der Waals surface area contributed by atoms with Crippen LogP contribution in [0.4, 0.5) is 11.4 Å². The minimum absolute atomic E-state index is 0.723. The van der Waals surface area contributed by atoms with E-state index in [0.29, 0.717) is 0 Å². The predicted molar refractivity (Wildman–Crippen MR) is 81.3 cm³/mol. The normalized spacial score (nSPS) is 23.8. The summed E-state index contributed by atoms with van der Waals surface area (Å²) in [6.07, 6.45) is 4.93. The van der Waals surface area contributed by atoms with Crippen LogP contribution in [0.5, 0.6) is 0 Å². The maximum Gasteiger partial charge on any atom is 0.0632 e. The molecule has 3 heteroatoms. The molecule has 3 nitrogen and oxygen atoms in total. The summed E-state index contributed by atoms with van der Waals surface area (Å²) >= 11 is 0. The zero-order chi connectivity index (χ0) is 13.4. The summed E-state index contributed by atoms with van der Waals surface area (Å²) in [7, 11) is 0. The van der Waals surface area contributed by atoms with Gasteiger partial charge in [-0.1, -0.05) is 19.9 Å². The highest BCUT2D eigenvalue weighted by Gasteiger charge is 2.24. The van der Waals surface area contributed by atoms with Gasteiger partial charge in [-0.3, -0.25) is 4.98 Å². The van der Waals surface area contributed by atoms with E-state index in [1.54, 1.807) is 0 Å². The number of nitrogens with two attached hydrogens (primary N) is 1. The van der Waals surface area contributed by atoms with Crippen molar-refractivity contribution in [1.82, 2.24) is 4.98 Å². The standard InChI is InChI=1S/C16H21N3/c1-11-6-8-19(10-12(11)2)15-4-3-13-9-18-7-5-14(13)16(15)17/h3-5,7,9,11-12H,6,8,10,17H2,1-2H3. The Balaban J connectivity index is 1.99. The van der Waals surface area contributed by atoms with E-state index in [2.05, 4.69) is 35.9 Å². The molecule has 19 heavy (non-hydrogen) atoms. The van der Waals surface area contributed by atoms with Gasteiger partial charge in [0, 0.05) is 36.3 Å². The first kappa shape index (κ1) is 12.3. The second-order valence-electron chi connectivity index (χ2n) is 5.78. The van der Waals surface area contributed by atoms with Crippen LogP contribution in [0.25, 0.3) is 10.8 Å². The monoisotopic (exact) mass is 255 g/mol. The Hall–Kier alpha value is -1.77. The van der Waals surface area contributed by atoms with Crippen molar-refractivity contribution in [3.05, 3.63) is 30.6 Å². The third-order valence-corrected chi connectivity index (χ3v) is 4.51. The maximum absolute atomic E-state index is 6.36. The highest BCUT2D eigenvalue weighted by atomic mass is 15.1. The number of anilines is 2. The molecule has 0 spiro atoms. The number of piperidine rings is 1. The molecular formula is C16H21N3. The molecule has 0 radical (unpaired) electrons. The first-order valence-corrected chi connectivity index (χ1v) is 7.04. The highest BCUT2D eigenvalue weighted by molar-refractivity contribution is 5.98. The number of rotatable bonds is 1. The van der Waals surface area contributed by atoms with Crippen LogP contribution in [0.15, 0.2) is 30.6 Å². The summed E-state index contributed by atoms with van der Waals surface area (Å²) < 4.78 is 0. The van der Waals surface area contributed by atoms with Crippen molar-refractivity contribution >= 4 is 22.1 Å². The molecule has 0 amide bonds. The van der Waals surface area contributed by atoms with Gasteiger partial charge in [0.05, 0.1) is 11.4 Å². The number of hydrogen-bond acceptors (Lipinski definition) is 3. The van der Waals surface area contributed by atoms with Crippen molar-refractivity contribution in [2.24, 2.45) is 11.8 Å². The van der Waals surface area contributed by atoms with Gasteiger partial charge in [-0.05, 0) is 30.4 Å². The molecule has 100 valence electrons. The van der Waals surface area contributed by atoms with Gasteiger partial charge in [-0.25, -0.2) is 0 Å². The minimum Gasteiger partial charge on any atom is -0.397 e. The fraction of sp³-hybridized carbons (Fsp3) is 0.438. The fourth-order valence-corrected chi connectivity index (χ4v) is 2.94. The van der Waals surface area contributed by atoms with Crippen LogP contribution in [0.3, 0.4) is 0 Å². The number of aromatic nitrogens is 1. The van der Waals surface area contributed by atoms with Crippen LogP contribution < -0.4 is 10.6 Å². The molecule has 0 saturated carbocycles. The van der Waals surface area contributed by atoms with E-state index in [0.717, 1.165) is 41.4 Å². The number of benzene rings is 1. The molecule has 1 fully saturated rings. The van der Waals surface area contributed by atoms with E-state index >= 15 is 0 Å². The molecule has 1 aliphatic rings. The van der Waals surface area contributed by atoms with Crippen LogP contribution >= 0.6 is 0 Å². The van der Waals surface area contributed by atoms with Crippen molar-refractivity contribution < 1.29 is 0 Å². The number of fused-ring (bicyclic) bond motifs is 1. The third kappa shape index (κ3) is 2.14. The Kier molecular flexibility index (Phi) is 3.05. The fourth-order valence-electron chi connectivity index (χ4n) is 2.94. The summed E-state index contributed by atoms with van der Waals surface area (Å²) in [6.45, 7) is 6.88. The lowest BCUT2D eigenvalue weighted by Gasteiger charge is -2.37. The Morgan fingerprint density at radius 3 is 2.84 bits per heavy atom. The number of pyridine rings is 1. The van der Waals surface area contributed by atoms with Gasteiger partial charge < -0.3 is 10.6 Å². The molecule has 2 heterocycles. The second kappa shape index (κ2) is 4.72. The van der Waals surface area contributed by atoms with E-state index in [-0.39, 0.29) is 0 Å². The van der Waals surface area contributed by atoms with Gasteiger partial charge in [0.2, 0.25) is 0 Å². The Bertz CT molecular complexity index is 594. The number of hydrogen-bond donors (Lipinski definition) is 1. The summed E-state index contributed by atoms with van der Waals surface area (Å²) in [6, 6.07) is 6.27. The molecule has 1 aliphatic heterocycles. The smallest absolute Gasteiger partial charge is 0.0632 e. The zero-order valence-corrected chi connectivity index (χ0v) is 11.6. The molecule has 1 aromatic carbocycles. The third-order valence-electron chi connectivity index (χ3n) is 4.51. The minimum atomic E-state index is 0.723. The van der Waals surface area contributed by atoms with E-state index in [4.69, 9.17) is 5.73 Å². The maximum atomic E-state index is 6.36. The number of nitrogen functional groups attached to an aromatic ring is 1. The van der Waals surface area contributed by atoms with Gasteiger partial charge in [0.15, 0.2) is 0 Å². The Morgan fingerprint density at radius 2 is 2.05 bits per heavy atom. The molecule has 1 aromatic heterocycles. The van der Waals surface area contributed by atoms with Gasteiger partial charge in [-0.2, -0.15) is 0 Å². The lowest BCUT2D eigenvalue weighted by molar-refractivity contribution is 0.324. The molecule has 2 unspecified atom stereocenters. The van der Waals surface area contributed by atoms with Crippen LogP contribution in [-0.4, -0.2) is 18.1 Å². The first-order chi connectivity index (χ1) is 9.16. The topological polar surface area (TPSA) is 42.2 Å². The second-order valence-corrected chi connectivity index (χ2v) is 5.78.